The molecular weight excluding hydrogens is 116 g/mol. The highest BCUT2D eigenvalue weighted by atomic mass is 16.5. The van der Waals surface area contributed by atoms with Crippen LogP contribution in [-0.2, 0) is 9.53 Å². The van der Waals surface area contributed by atoms with Crippen LogP contribution in [0.2, 0.25) is 0 Å². The molecule has 1 heterocycles. The minimum Gasteiger partial charge on any atom is -0.462 e. The highest BCUT2D eigenvalue weighted by molar-refractivity contribution is 5.71. The van der Waals surface area contributed by atoms with E-state index in [0.29, 0.717) is 12.3 Å². The molecular formula is C7H12O2. The van der Waals surface area contributed by atoms with Crippen molar-refractivity contribution < 1.29 is 9.53 Å². The maximum Gasteiger partial charge on any atom is 0.306 e. The van der Waals surface area contributed by atoms with E-state index in [9.17, 15) is 4.79 Å². The quantitative estimate of drug-likeness (QED) is 0.498. The van der Waals surface area contributed by atoms with Crippen LogP contribution in [0.1, 0.15) is 26.7 Å². The molecule has 0 aliphatic carbocycles. The van der Waals surface area contributed by atoms with Gasteiger partial charge in [0, 0.05) is 6.42 Å². The first-order valence-corrected chi connectivity index (χ1v) is 3.39. The fourth-order valence-corrected chi connectivity index (χ4v) is 1.02. The molecule has 0 amide bonds. The van der Waals surface area contributed by atoms with Crippen molar-refractivity contribution in [3.8, 4) is 0 Å². The average molecular weight is 128 g/mol. The van der Waals surface area contributed by atoms with E-state index >= 15 is 0 Å². The van der Waals surface area contributed by atoms with Crippen molar-refractivity contribution in [1.29, 1.82) is 0 Å². The SMILES string of the molecule is CC(C)C1CCC(=O)O1. The van der Waals surface area contributed by atoms with Crippen LogP contribution >= 0.6 is 0 Å². The summed E-state index contributed by atoms with van der Waals surface area (Å²) in [4.78, 5) is 10.5. The van der Waals surface area contributed by atoms with Crippen LogP contribution in [0.25, 0.3) is 0 Å². The van der Waals surface area contributed by atoms with E-state index in [4.69, 9.17) is 4.74 Å². The first-order valence-electron chi connectivity index (χ1n) is 3.39. The van der Waals surface area contributed by atoms with Gasteiger partial charge in [0.2, 0.25) is 0 Å². The monoisotopic (exact) mass is 128 g/mol. The Balaban J connectivity index is 2.39. The third kappa shape index (κ3) is 1.44. The lowest BCUT2D eigenvalue weighted by atomic mass is 10.1. The van der Waals surface area contributed by atoms with Crippen molar-refractivity contribution in [2.45, 2.75) is 32.8 Å². The van der Waals surface area contributed by atoms with Gasteiger partial charge in [0.05, 0.1) is 0 Å². The minimum atomic E-state index is -0.0336. The summed E-state index contributed by atoms with van der Waals surface area (Å²) >= 11 is 0. The van der Waals surface area contributed by atoms with Crippen LogP contribution in [0.15, 0.2) is 0 Å². The van der Waals surface area contributed by atoms with Crippen LogP contribution in [0.5, 0.6) is 0 Å². The molecule has 1 fully saturated rings. The number of hydrogen-bond acceptors (Lipinski definition) is 2. The van der Waals surface area contributed by atoms with Crippen molar-refractivity contribution in [3.63, 3.8) is 0 Å². The van der Waals surface area contributed by atoms with Gasteiger partial charge in [-0.1, -0.05) is 13.8 Å². The summed E-state index contributed by atoms with van der Waals surface area (Å²) in [7, 11) is 0. The summed E-state index contributed by atoms with van der Waals surface area (Å²) in [6, 6.07) is 0. The first kappa shape index (κ1) is 6.59. The summed E-state index contributed by atoms with van der Waals surface area (Å²) in [5.74, 6) is 0.449. The number of esters is 1. The molecule has 0 bridgehead atoms. The summed E-state index contributed by atoms with van der Waals surface area (Å²) in [5, 5.41) is 0. The molecule has 0 saturated carbocycles. The molecule has 1 atom stereocenters. The van der Waals surface area contributed by atoms with Crippen molar-refractivity contribution in [3.05, 3.63) is 0 Å². The number of carbonyl (C=O) groups is 1. The standard InChI is InChI=1S/C7H12O2/c1-5(2)6-3-4-7(8)9-6/h5-6H,3-4H2,1-2H3. The van der Waals surface area contributed by atoms with Crippen LogP contribution in [0, 0.1) is 5.92 Å². The lowest BCUT2D eigenvalue weighted by molar-refractivity contribution is -0.142. The first-order chi connectivity index (χ1) is 4.20. The lowest BCUT2D eigenvalue weighted by Gasteiger charge is -2.11. The van der Waals surface area contributed by atoms with E-state index in [1.54, 1.807) is 0 Å². The van der Waals surface area contributed by atoms with Gasteiger partial charge in [0.25, 0.3) is 0 Å². The average Bonchev–Trinajstić information content (AvgIpc) is 2.14. The molecule has 2 nitrogen and oxygen atoms in total. The molecule has 0 N–H and O–H groups in total. The maximum absolute atomic E-state index is 10.5. The minimum absolute atomic E-state index is 0.0336. The van der Waals surface area contributed by atoms with E-state index < -0.39 is 0 Å². The van der Waals surface area contributed by atoms with E-state index in [1.807, 2.05) is 0 Å². The zero-order valence-corrected chi connectivity index (χ0v) is 5.89. The highest BCUT2D eigenvalue weighted by Gasteiger charge is 2.25. The maximum atomic E-state index is 10.5. The molecule has 1 unspecified atom stereocenters. The van der Waals surface area contributed by atoms with Crippen molar-refractivity contribution in [1.82, 2.24) is 0 Å². The second kappa shape index (κ2) is 2.38. The van der Waals surface area contributed by atoms with Crippen molar-refractivity contribution >= 4 is 5.97 Å². The zero-order chi connectivity index (χ0) is 6.85. The molecule has 9 heavy (non-hydrogen) atoms. The molecule has 1 aliphatic heterocycles. The Kier molecular flexibility index (Phi) is 1.74. The van der Waals surface area contributed by atoms with Gasteiger partial charge in [-0.3, -0.25) is 4.79 Å². The van der Waals surface area contributed by atoms with Gasteiger partial charge in [0.1, 0.15) is 6.10 Å². The number of rotatable bonds is 1. The molecule has 1 saturated heterocycles. The number of hydrogen-bond donors (Lipinski definition) is 0. The largest absolute Gasteiger partial charge is 0.462 e. The molecule has 0 radical (unpaired) electrons. The number of ether oxygens (including phenoxy) is 1. The summed E-state index contributed by atoms with van der Waals surface area (Å²) in [6.45, 7) is 4.15. The molecule has 0 aromatic carbocycles. The van der Waals surface area contributed by atoms with E-state index in [1.165, 1.54) is 0 Å². The van der Waals surface area contributed by atoms with Crippen molar-refractivity contribution in [2.75, 3.05) is 0 Å². The van der Waals surface area contributed by atoms with Gasteiger partial charge in [-0.15, -0.1) is 0 Å². The van der Waals surface area contributed by atoms with Crippen molar-refractivity contribution in [2.24, 2.45) is 5.92 Å². The van der Waals surface area contributed by atoms with Crippen LogP contribution in [-0.4, -0.2) is 12.1 Å². The Bertz CT molecular complexity index is 118. The summed E-state index contributed by atoms with van der Waals surface area (Å²) < 4.78 is 4.98. The molecule has 1 aliphatic rings. The normalized spacial score (nSPS) is 27.0. The summed E-state index contributed by atoms with van der Waals surface area (Å²) in [6.07, 6.45) is 1.72. The Hall–Kier alpha value is -0.530. The number of cyclic esters (lactones) is 1. The number of carbonyl (C=O) groups excluding carboxylic acids is 1. The second-order valence-corrected chi connectivity index (χ2v) is 2.81. The van der Waals surface area contributed by atoms with E-state index in [0.717, 1.165) is 6.42 Å². The van der Waals surface area contributed by atoms with Crippen LogP contribution in [0.4, 0.5) is 0 Å². The van der Waals surface area contributed by atoms with Gasteiger partial charge >= 0.3 is 5.97 Å². The van der Waals surface area contributed by atoms with Crippen LogP contribution in [0.3, 0.4) is 0 Å². The Morgan fingerprint density at radius 1 is 1.67 bits per heavy atom. The summed E-state index contributed by atoms with van der Waals surface area (Å²) in [5.41, 5.74) is 0. The highest BCUT2D eigenvalue weighted by Crippen LogP contribution is 2.20. The van der Waals surface area contributed by atoms with E-state index in [-0.39, 0.29) is 12.1 Å². The van der Waals surface area contributed by atoms with Gasteiger partial charge in [-0.2, -0.15) is 0 Å². The third-order valence-corrected chi connectivity index (χ3v) is 1.66. The topological polar surface area (TPSA) is 26.3 Å². The molecule has 0 aromatic rings. The lowest BCUT2D eigenvalue weighted by Crippen LogP contribution is -2.13. The predicted molar refractivity (Wildman–Crippen MR) is 34.0 cm³/mol. The van der Waals surface area contributed by atoms with Gasteiger partial charge in [-0.25, -0.2) is 0 Å². The van der Waals surface area contributed by atoms with Gasteiger partial charge in [-0.05, 0) is 12.3 Å². The molecule has 0 spiro atoms. The van der Waals surface area contributed by atoms with Crippen LogP contribution < -0.4 is 0 Å². The van der Waals surface area contributed by atoms with E-state index in [2.05, 4.69) is 13.8 Å². The Morgan fingerprint density at radius 2 is 2.33 bits per heavy atom. The second-order valence-electron chi connectivity index (χ2n) is 2.81. The molecule has 52 valence electrons. The zero-order valence-electron chi connectivity index (χ0n) is 5.89. The fourth-order valence-electron chi connectivity index (χ4n) is 1.02. The van der Waals surface area contributed by atoms with Gasteiger partial charge in [0.15, 0.2) is 0 Å². The molecule has 2 heteroatoms. The Labute approximate surface area is 55.2 Å². The predicted octanol–water partition coefficient (Wildman–Crippen LogP) is 1.35. The smallest absolute Gasteiger partial charge is 0.306 e. The third-order valence-electron chi connectivity index (χ3n) is 1.66. The Morgan fingerprint density at radius 3 is 2.56 bits per heavy atom. The van der Waals surface area contributed by atoms with Gasteiger partial charge < -0.3 is 4.74 Å². The fraction of sp³-hybridized carbons (Fsp3) is 0.857. The molecule has 1 rings (SSSR count). The molecule has 0 aromatic heterocycles.